The maximum absolute atomic E-state index is 8.01. The molecule has 47 valence electrons. The van der Waals surface area contributed by atoms with Crippen LogP contribution < -0.4 is 0 Å². The second-order valence-electron chi connectivity index (χ2n) is 1.84. The maximum atomic E-state index is 8.01. The zero-order valence-electron chi connectivity index (χ0n) is 5.39. The monoisotopic (exact) mass is 114 g/mol. The summed E-state index contributed by atoms with van der Waals surface area (Å²) in [6.07, 6.45) is 3.60. The predicted octanol–water partition coefficient (Wildman–Crippen LogP) is 1.84. The molecular weight excluding hydrogens is 102 g/mol. The highest BCUT2D eigenvalue weighted by molar-refractivity contribution is 5.72. The van der Waals surface area contributed by atoms with Gasteiger partial charge in [-0.1, -0.05) is 20.3 Å². The van der Waals surface area contributed by atoms with Crippen LogP contribution in [-0.4, -0.2) is 11.4 Å². The van der Waals surface area contributed by atoms with Crippen molar-refractivity contribution in [3.8, 4) is 0 Å². The van der Waals surface area contributed by atoms with E-state index < -0.39 is 0 Å². The van der Waals surface area contributed by atoms with E-state index in [0.717, 1.165) is 18.8 Å². The van der Waals surface area contributed by atoms with Gasteiger partial charge in [-0.3, -0.25) is 0 Å². The molecule has 0 aromatic rings. The van der Waals surface area contributed by atoms with Crippen molar-refractivity contribution < 1.29 is 5.21 Å². The molecule has 0 heterocycles. The highest BCUT2D eigenvalue weighted by Crippen LogP contribution is 2.02. The summed E-state index contributed by atoms with van der Waals surface area (Å²) >= 11 is 0. The van der Waals surface area contributed by atoms with E-state index in [1.807, 2.05) is 6.92 Å². The molecule has 1 radical (unpaired) electrons. The molecule has 0 aliphatic heterocycles. The summed E-state index contributed by atoms with van der Waals surface area (Å²) in [4.78, 5) is 0. The minimum absolute atomic E-state index is 1.02. The van der Waals surface area contributed by atoms with E-state index in [4.69, 9.17) is 5.21 Å². The highest BCUT2D eigenvalue weighted by Gasteiger charge is 1.93. The van der Waals surface area contributed by atoms with Crippen molar-refractivity contribution in [2.45, 2.75) is 26.7 Å². The van der Waals surface area contributed by atoms with Gasteiger partial charge in [0.25, 0.3) is 0 Å². The van der Waals surface area contributed by atoms with Crippen LogP contribution in [0.3, 0.4) is 0 Å². The van der Waals surface area contributed by atoms with Crippen molar-refractivity contribution in [3.63, 3.8) is 0 Å². The zero-order chi connectivity index (χ0) is 6.41. The molecule has 0 saturated heterocycles. The van der Waals surface area contributed by atoms with Crippen LogP contribution in [0.2, 0.25) is 0 Å². The van der Waals surface area contributed by atoms with Gasteiger partial charge in [0.2, 0.25) is 0 Å². The molecular formula is C6H12NO. The molecule has 0 spiro atoms. The summed E-state index contributed by atoms with van der Waals surface area (Å²) in [7, 11) is 0. The van der Waals surface area contributed by atoms with Gasteiger partial charge in [0.05, 0.1) is 6.21 Å². The Balaban J connectivity index is 3.17. The third-order valence-corrected chi connectivity index (χ3v) is 0.922. The molecule has 0 fully saturated rings. The number of rotatable bonds is 3. The second-order valence-corrected chi connectivity index (χ2v) is 1.84. The van der Waals surface area contributed by atoms with Crippen LogP contribution in [-0.2, 0) is 0 Å². The first kappa shape index (κ1) is 7.47. The van der Waals surface area contributed by atoms with E-state index in [1.165, 1.54) is 6.21 Å². The van der Waals surface area contributed by atoms with Gasteiger partial charge in [0, 0.05) is 5.92 Å². The first-order valence-electron chi connectivity index (χ1n) is 2.81. The summed E-state index contributed by atoms with van der Waals surface area (Å²) in [5.41, 5.74) is 0. The average Bonchev–Trinajstić information content (AvgIpc) is 1.68. The first-order valence-corrected chi connectivity index (χ1v) is 2.81. The molecule has 0 aliphatic carbocycles. The molecule has 0 aromatic heterocycles. The van der Waals surface area contributed by atoms with Crippen molar-refractivity contribution in [1.82, 2.24) is 0 Å². The van der Waals surface area contributed by atoms with Gasteiger partial charge in [-0.2, -0.15) is 0 Å². The van der Waals surface area contributed by atoms with Crippen LogP contribution in [0.25, 0.3) is 0 Å². The molecule has 0 aromatic carbocycles. The lowest BCUT2D eigenvalue weighted by Gasteiger charge is -1.96. The zero-order valence-corrected chi connectivity index (χ0v) is 5.39. The smallest absolute Gasteiger partial charge is 0.0504 e. The van der Waals surface area contributed by atoms with Crippen LogP contribution in [0, 0.1) is 5.92 Å². The molecule has 0 bridgehead atoms. The summed E-state index contributed by atoms with van der Waals surface area (Å²) in [5, 5.41) is 10.9. The van der Waals surface area contributed by atoms with Gasteiger partial charge in [0.15, 0.2) is 0 Å². The van der Waals surface area contributed by atoms with Crippen molar-refractivity contribution >= 4 is 6.21 Å². The fourth-order valence-corrected chi connectivity index (χ4v) is 0.557. The Morgan fingerprint density at radius 2 is 2.38 bits per heavy atom. The van der Waals surface area contributed by atoms with Crippen molar-refractivity contribution in [2.24, 2.45) is 5.16 Å². The molecule has 0 rings (SSSR count). The number of oxime groups is 1. The van der Waals surface area contributed by atoms with Crippen molar-refractivity contribution in [3.05, 3.63) is 5.92 Å². The Kier molecular flexibility index (Phi) is 4.32. The lowest BCUT2D eigenvalue weighted by molar-refractivity contribution is 0.321. The Morgan fingerprint density at radius 1 is 1.75 bits per heavy atom. The molecule has 0 unspecified atom stereocenters. The normalized spacial score (nSPS) is 11.4. The van der Waals surface area contributed by atoms with Crippen molar-refractivity contribution in [2.75, 3.05) is 0 Å². The average molecular weight is 114 g/mol. The fraction of sp³-hybridized carbons (Fsp3) is 0.667. The van der Waals surface area contributed by atoms with Gasteiger partial charge in [0.1, 0.15) is 0 Å². The van der Waals surface area contributed by atoms with Crippen LogP contribution in [0.4, 0.5) is 0 Å². The number of nitrogens with zero attached hydrogens (tertiary/aromatic N) is 1. The van der Waals surface area contributed by atoms with Crippen LogP contribution in [0.5, 0.6) is 0 Å². The SMILES string of the molecule is CCC[C](C)/C=N\O. The molecule has 2 heteroatoms. The molecule has 2 nitrogen and oxygen atoms in total. The summed E-state index contributed by atoms with van der Waals surface area (Å²) < 4.78 is 0. The quantitative estimate of drug-likeness (QED) is 0.339. The Morgan fingerprint density at radius 3 is 2.75 bits per heavy atom. The lowest BCUT2D eigenvalue weighted by atomic mass is 10.1. The van der Waals surface area contributed by atoms with Crippen LogP contribution in [0.1, 0.15) is 26.7 Å². The van der Waals surface area contributed by atoms with E-state index in [0.29, 0.717) is 0 Å². The molecule has 8 heavy (non-hydrogen) atoms. The number of hydrogen-bond donors (Lipinski definition) is 1. The predicted molar refractivity (Wildman–Crippen MR) is 34.1 cm³/mol. The highest BCUT2D eigenvalue weighted by atomic mass is 16.4. The minimum Gasteiger partial charge on any atom is -0.411 e. The van der Waals surface area contributed by atoms with Gasteiger partial charge in [-0.15, -0.1) is 5.16 Å². The second kappa shape index (κ2) is 4.62. The minimum atomic E-state index is 1.02. The Labute approximate surface area is 50.2 Å². The van der Waals surface area contributed by atoms with E-state index in [9.17, 15) is 0 Å². The molecule has 0 amide bonds. The maximum Gasteiger partial charge on any atom is 0.0504 e. The number of hydrogen-bond acceptors (Lipinski definition) is 2. The summed E-state index contributed by atoms with van der Waals surface area (Å²) in [5.74, 6) is 1.12. The first-order chi connectivity index (χ1) is 3.81. The van der Waals surface area contributed by atoms with Gasteiger partial charge in [-0.25, -0.2) is 0 Å². The standard InChI is InChI=1S/C6H12NO/c1-3-4-6(2)5-7-8/h5,8H,3-4H2,1-2H3/b7-5-. The Hall–Kier alpha value is -0.530. The van der Waals surface area contributed by atoms with Gasteiger partial charge >= 0.3 is 0 Å². The third-order valence-electron chi connectivity index (χ3n) is 0.922. The lowest BCUT2D eigenvalue weighted by Crippen LogP contribution is -1.90. The van der Waals surface area contributed by atoms with Gasteiger partial charge in [-0.05, 0) is 6.42 Å². The molecule has 0 saturated carbocycles. The van der Waals surface area contributed by atoms with E-state index in [-0.39, 0.29) is 0 Å². The summed E-state index contributed by atoms with van der Waals surface area (Å²) in [6.45, 7) is 4.04. The largest absolute Gasteiger partial charge is 0.411 e. The molecule has 1 N–H and O–H groups in total. The third kappa shape index (κ3) is 3.65. The topological polar surface area (TPSA) is 32.6 Å². The van der Waals surface area contributed by atoms with E-state index >= 15 is 0 Å². The fourth-order valence-electron chi connectivity index (χ4n) is 0.557. The Bertz CT molecular complexity index is 70.9. The summed E-state index contributed by atoms with van der Waals surface area (Å²) in [6, 6.07) is 0. The van der Waals surface area contributed by atoms with Crippen LogP contribution >= 0.6 is 0 Å². The van der Waals surface area contributed by atoms with Gasteiger partial charge < -0.3 is 5.21 Å². The van der Waals surface area contributed by atoms with Crippen molar-refractivity contribution in [1.29, 1.82) is 0 Å². The van der Waals surface area contributed by atoms with E-state index in [1.54, 1.807) is 0 Å². The molecule has 0 atom stereocenters. The molecule has 0 aliphatic rings. The van der Waals surface area contributed by atoms with E-state index in [2.05, 4.69) is 12.1 Å². The van der Waals surface area contributed by atoms with Crippen LogP contribution in [0.15, 0.2) is 5.16 Å².